The average Bonchev–Trinajstić information content (AvgIpc) is 3.12. The van der Waals surface area contributed by atoms with E-state index in [-0.39, 0.29) is 64.9 Å². The van der Waals surface area contributed by atoms with E-state index in [0.29, 0.717) is 18.3 Å². The number of hydrogen-bond donors (Lipinski definition) is 3. The Morgan fingerprint density at radius 2 is 1.71 bits per heavy atom. The maximum Gasteiger partial charge on any atom is 0.306 e. The number of rotatable bonds is 6. The molecule has 194 valence electrons. The normalized spacial score (nSPS) is 47.6. The summed E-state index contributed by atoms with van der Waals surface area (Å²) in [5, 5.41) is 33.3. The molecule has 12 unspecified atom stereocenters. The van der Waals surface area contributed by atoms with Crippen LogP contribution in [0.2, 0.25) is 0 Å². The minimum atomic E-state index is -0.702. The van der Waals surface area contributed by atoms with Crippen molar-refractivity contribution in [3.8, 4) is 0 Å². The lowest BCUT2D eigenvalue weighted by atomic mass is 9.43. The number of hydrogen-bond acceptors (Lipinski definition) is 6. The molecule has 0 aromatic carbocycles. The molecule has 0 spiro atoms. The first-order chi connectivity index (χ1) is 15.9. The molecule has 12 atom stereocenters. The number of aliphatic hydroxyl groups is 3. The van der Waals surface area contributed by atoms with Gasteiger partial charge in [0.1, 0.15) is 0 Å². The van der Waals surface area contributed by atoms with E-state index < -0.39 is 12.2 Å². The highest BCUT2D eigenvalue weighted by Crippen LogP contribution is 2.68. The van der Waals surface area contributed by atoms with E-state index in [2.05, 4.69) is 20.8 Å². The lowest BCUT2D eigenvalue weighted by molar-refractivity contribution is -0.207. The Balaban J connectivity index is 1.48. The highest BCUT2D eigenvalue weighted by molar-refractivity contribution is 5.83. The molecule has 0 saturated heterocycles. The van der Waals surface area contributed by atoms with Crippen molar-refractivity contribution in [2.45, 2.75) is 117 Å². The molecular weight excluding hydrogens is 432 g/mol. The molecule has 4 rings (SSSR count). The fourth-order valence-corrected chi connectivity index (χ4v) is 9.02. The molecule has 0 amide bonds. The number of carbonyl (C=O) groups excluding carboxylic acids is 2. The van der Waals surface area contributed by atoms with Crippen molar-refractivity contribution in [3.63, 3.8) is 0 Å². The molecule has 0 aromatic rings. The number of ketones is 1. The van der Waals surface area contributed by atoms with Gasteiger partial charge in [0, 0.05) is 6.42 Å². The number of esters is 1. The summed E-state index contributed by atoms with van der Waals surface area (Å²) < 4.78 is 5.24. The van der Waals surface area contributed by atoms with Crippen molar-refractivity contribution < 1.29 is 29.6 Å². The van der Waals surface area contributed by atoms with Gasteiger partial charge in [-0.2, -0.15) is 0 Å². The van der Waals surface area contributed by atoms with E-state index in [9.17, 15) is 24.9 Å². The summed E-state index contributed by atoms with van der Waals surface area (Å²) in [6.45, 7) is 9.79. The van der Waals surface area contributed by atoms with E-state index in [1.165, 1.54) is 6.92 Å². The van der Waals surface area contributed by atoms with E-state index >= 15 is 0 Å². The quantitative estimate of drug-likeness (QED) is 0.501. The molecule has 4 saturated carbocycles. The summed E-state index contributed by atoms with van der Waals surface area (Å²) >= 11 is 0. The second-order valence-corrected chi connectivity index (χ2v) is 12.8. The minimum absolute atomic E-state index is 0.0757. The topological polar surface area (TPSA) is 104 Å². The Morgan fingerprint density at radius 1 is 1.00 bits per heavy atom. The van der Waals surface area contributed by atoms with Gasteiger partial charge in [0.05, 0.1) is 18.3 Å². The summed E-state index contributed by atoms with van der Waals surface area (Å²) in [7, 11) is 0. The summed E-state index contributed by atoms with van der Waals surface area (Å²) in [5.41, 5.74) is -0.193. The molecule has 0 radical (unpaired) electrons. The van der Waals surface area contributed by atoms with Crippen molar-refractivity contribution in [2.75, 3.05) is 0 Å². The summed E-state index contributed by atoms with van der Waals surface area (Å²) in [6.07, 6.45) is 5.27. The molecule has 4 fully saturated rings. The monoisotopic (exact) mass is 478 g/mol. The Kier molecular flexibility index (Phi) is 7.27. The summed E-state index contributed by atoms with van der Waals surface area (Å²) in [5.74, 6) is 1.14. The van der Waals surface area contributed by atoms with Crippen molar-refractivity contribution in [2.24, 2.45) is 46.3 Å². The molecule has 3 N–H and O–H groups in total. The molecule has 6 heteroatoms. The zero-order chi connectivity index (χ0) is 25.0. The molecule has 6 nitrogen and oxygen atoms in total. The predicted molar refractivity (Wildman–Crippen MR) is 129 cm³/mol. The number of ether oxygens (including phenoxy) is 1. The molecule has 34 heavy (non-hydrogen) atoms. The van der Waals surface area contributed by atoms with Gasteiger partial charge in [-0.25, -0.2) is 0 Å². The van der Waals surface area contributed by atoms with Gasteiger partial charge in [-0.15, -0.1) is 0 Å². The van der Waals surface area contributed by atoms with E-state index in [1.54, 1.807) is 6.92 Å². The maximum absolute atomic E-state index is 12.3. The van der Waals surface area contributed by atoms with Crippen molar-refractivity contribution in [3.05, 3.63) is 0 Å². The van der Waals surface area contributed by atoms with Crippen LogP contribution in [0.1, 0.15) is 92.4 Å². The summed E-state index contributed by atoms with van der Waals surface area (Å²) in [6, 6.07) is 0. The van der Waals surface area contributed by atoms with Gasteiger partial charge in [0.2, 0.25) is 0 Å². The van der Waals surface area contributed by atoms with E-state index in [4.69, 9.17) is 4.74 Å². The van der Waals surface area contributed by atoms with Gasteiger partial charge >= 0.3 is 5.97 Å². The first kappa shape index (κ1) is 26.1. The van der Waals surface area contributed by atoms with Crippen molar-refractivity contribution in [1.29, 1.82) is 0 Å². The second-order valence-electron chi connectivity index (χ2n) is 12.8. The highest BCUT2D eigenvalue weighted by Gasteiger charge is 2.65. The van der Waals surface area contributed by atoms with Crippen LogP contribution in [0, 0.1) is 46.3 Å². The van der Waals surface area contributed by atoms with Crippen molar-refractivity contribution in [1.82, 2.24) is 0 Å². The van der Waals surface area contributed by atoms with E-state index in [1.807, 2.05) is 0 Å². The van der Waals surface area contributed by atoms with Gasteiger partial charge < -0.3 is 20.1 Å². The van der Waals surface area contributed by atoms with Crippen LogP contribution in [-0.4, -0.2) is 51.5 Å². The van der Waals surface area contributed by atoms with Gasteiger partial charge in [-0.1, -0.05) is 20.8 Å². The molecule has 0 bridgehead atoms. The van der Waals surface area contributed by atoms with Crippen LogP contribution >= 0.6 is 0 Å². The zero-order valence-corrected chi connectivity index (χ0v) is 21.7. The van der Waals surface area contributed by atoms with Gasteiger partial charge in [0.25, 0.3) is 0 Å². The number of carbonyl (C=O) groups is 2. The fraction of sp³-hybridized carbons (Fsp3) is 0.929. The first-order valence-electron chi connectivity index (χ1n) is 13.6. The first-order valence-corrected chi connectivity index (χ1v) is 13.6. The van der Waals surface area contributed by atoms with Crippen LogP contribution in [0.25, 0.3) is 0 Å². The third kappa shape index (κ3) is 4.26. The lowest BCUT2D eigenvalue weighted by Crippen LogP contribution is -2.62. The Labute approximate surface area is 204 Å². The lowest BCUT2D eigenvalue weighted by Gasteiger charge is -2.63. The standard InChI is InChI=1S/C28H46O6/c1-15(6-9-25(33)34-17(3)16(2)29)20-7-8-21-26-22(14-24(32)28(20,21)5)27(4)11-10-19(30)12-18(27)13-23(26)31/h15,17-24,26,30-32H,6-14H2,1-5H3. The molecular formula is C28H46O6. The van der Waals surface area contributed by atoms with Crippen LogP contribution in [0.4, 0.5) is 0 Å². The Bertz CT molecular complexity index is 783. The largest absolute Gasteiger partial charge is 0.455 e. The molecule has 0 aliphatic heterocycles. The van der Waals surface area contributed by atoms with Gasteiger partial charge in [-0.05, 0) is 112 Å². The second kappa shape index (κ2) is 9.48. The SMILES string of the molecule is CC(=O)C(C)OC(=O)CCC(C)C1CCC2C3C(O)CC4CC(O)CCC4(C)C3CC(O)C12C. The van der Waals surface area contributed by atoms with Crippen LogP contribution in [0.5, 0.6) is 0 Å². The number of fused-ring (bicyclic) bond motifs is 5. The number of aliphatic hydroxyl groups excluding tert-OH is 3. The minimum Gasteiger partial charge on any atom is -0.455 e. The predicted octanol–water partition coefficient (Wildman–Crippen LogP) is 3.88. The smallest absolute Gasteiger partial charge is 0.306 e. The zero-order valence-electron chi connectivity index (χ0n) is 21.7. The fourth-order valence-electron chi connectivity index (χ4n) is 9.02. The third-order valence-electron chi connectivity index (χ3n) is 11.2. The van der Waals surface area contributed by atoms with Gasteiger partial charge in [0.15, 0.2) is 11.9 Å². The Morgan fingerprint density at radius 3 is 2.38 bits per heavy atom. The molecule has 4 aliphatic rings. The van der Waals surface area contributed by atoms with Crippen LogP contribution in [0.15, 0.2) is 0 Å². The maximum atomic E-state index is 12.3. The average molecular weight is 479 g/mol. The van der Waals surface area contributed by atoms with E-state index in [0.717, 1.165) is 44.9 Å². The molecule has 0 heterocycles. The van der Waals surface area contributed by atoms with Crippen molar-refractivity contribution >= 4 is 11.8 Å². The molecule has 0 aromatic heterocycles. The number of Topliss-reactive ketones (excluding diaryl/α,β-unsaturated/α-hetero) is 1. The van der Waals surface area contributed by atoms with Gasteiger partial charge in [-0.3, -0.25) is 9.59 Å². The van der Waals surface area contributed by atoms with Crippen LogP contribution in [0.3, 0.4) is 0 Å². The molecule has 4 aliphatic carbocycles. The van der Waals surface area contributed by atoms with Crippen LogP contribution < -0.4 is 0 Å². The Hall–Kier alpha value is -0.980. The van der Waals surface area contributed by atoms with Crippen LogP contribution in [-0.2, 0) is 14.3 Å². The summed E-state index contributed by atoms with van der Waals surface area (Å²) in [4.78, 5) is 23.6. The highest BCUT2D eigenvalue weighted by atomic mass is 16.5. The third-order valence-corrected chi connectivity index (χ3v) is 11.2.